The van der Waals surface area contributed by atoms with Crippen LogP contribution in [0.25, 0.3) is 0 Å². The predicted molar refractivity (Wildman–Crippen MR) is 78.0 cm³/mol. The Balaban J connectivity index is 1.55. The van der Waals surface area contributed by atoms with Crippen LogP contribution in [0.2, 0.25) is 0 Å². The number of pyridine rings is 1. The van der Waals surface area contributed by atoms with Crippen LogP contribution in [-0.4, -0.2) is 47.0 Å². The second-order valence-electron chi connectivity index (χ2n) is 5.99. The van der Waals surface area contributed by atoms with E-state index in [4.69, 9.17) is 0 Å². The fourth-order valence-corrected chi connectivity index (χ4v) is 3.48. The van der Waals surface area contributed by atoms with Gasteiger partial charge in [-0.15, -0.1) is 0 Å². The Kier molecular flexibility index (Phi) is 4.46. The summed E-state index contributed by atoms with van der Waals surface area (Å²) in [4.78, 5) is 9.57. The maximum Gasteiger partial charge on any atom is 0.0312 e. The van der Waals surface area contributed by atoms with Crippen LogP contribution in [0.1, 0.15) is 37.7 Å². The lowest BCUT2D eigenvalue weighted by Crippen LogP contribution is -2.42. The normalized spacial score (nSPS) is 25.8. The fourth-order valence-electron chi connectivity index (χ4n) is 3.48. The Morgan fingerprint density at radius 1 is 1.11 bits per heavy atom. The maximum atomic E-state index is 4.23. The Bertz CT molecular complexity index is 373. The average molecular weight is 259 g/mol. The minimum atomic E-state index is 0.762. The first kappa shape index (κ1) is 13.1. The van der Waals surface area contributed by atoms with Gasteiger partial charge in [-0.3, -0.25) is 9.88 Å². The van der Waals surface area contributed by atoms with Crippen LogP contribution in [0.5, 0.6) is 0 Å². The monoisotopic (exact) mass is 259 g/mol. The molecule has 3 heterocycles. The van der Waals surface area contributed by atoms with E-state index in [2.05, 4.69) is 20.9 Å². The zero-order valence-corrected chi connectivity index (χ0v) is 11.8. The Hall–Kier alpha value is -0.930. The van der Waals surface area contributed by atoms with E-state index in [0.29, 0.717) is 0 Å². The number of hydrogen-bond acceptors (Lipinski definition) is 3. The molecular weight excluding hydrogens is 234 g/mol. The molecule has 3 heteroatoms. The molecule has 2 aliphatic rings. The molecule has 0 aliphatic carbocycles. The molecule has 19 heavy (non-hydrogen) atoms. The summed E-state index contributed by atoms with van der Waals surface area (Å²) in [7, 11) is 0. The van der Waals surface area contributed by atoms with E-state index < -0.39 is 0 Å². The van der Waals surface area contributed by atoms with Crippen LogP contribution >= 0.6 is 0 Å². The van der Waals surface area contributed by atoms with Gasteiger partial charge in [-0.1, -0.05) is 12.5 Å². The van der Waals surface area contributed by atoms with E-state index in [-0.39, 0.29) is 0 Å². The maximum absolute atomic E-state index is 4.23. The first-order chi connectivity index (χ1) is 9.42. The predicted octanol–water partition coefficient (Wildman–Crippen LogP) is 2.53. The molecule has 0 saturated carbocycles. The van der Waals surface area contributed by atoms with Crippen molar-refractivity contribution in [3.63, 3.8) is 0 Å². The van der Waals surface area contributed by atoms with Gasteiger partial charge in [0, 0.05) is 31.5 Å². The Morgan fingerprint density at radius 2 is 2.00 bits per heavy atom. The van der Waals surface area contributed by atoms with Gasteiger partial charge in [-0.2, -0.15) is 0 Å². The van der Waals surface area contributed by atoms with Crippen molar-refractivity contribution in [2.45, 2.75) is 44.7 Å². The van der Waals surface area contributed by atoms with Crippen LogP contribution in [0.3, 0.4) is 0 Å². The number of piperidine rings is 1. The van der Waals surface area contributed by atoms with Crippen LogP contribution < -0.4 is 0 Å². The molecule has 2 aliphatic heterocycles. The van der Waals surface area contributed by atoms with Gasteiger partial charge in [-0.25, -0.2) is 0 Å². The van der Waals surface area contributed by atoms with Gasteiger partial charge in [-0.05, 0) is 56.9 Å². The summed E-state index contributed by atoms with van der Waals surface area (Å²) in [6.45, 7) is 6.24. The smallest absolute Gasteiger partial charge is 0.0312 e. The summed E-state index contributed by atoms with van der Waals surface area (Å²) in [6.07, 6.45) is 10.8. The van der Waals surface area contributed by atoms with E-state index in [1.807, 2.05) is 18.5 Å². The van der Waals surface area contributed by atoms with Crippen molar-refractivity contribution in [1.29, 1.82) is 0 Å². The van der Waals surface area contributed by atoms with E-state index in [0.717, 1.165) is 12.6 Å². The molecule has 2 saturated heterocycles. The van der Waals surface area contributed by atoms with Crippen LogP contribution in [0.4, 0.5) is 0 Å². The van der Waals surface area contributed by atoms with Gasteiger partial charge in [0.1, 0.15) is 0 Å². The molecule has 2 fully saturated rings. The summed E-state index contributed by atoms with van der Waals surface area (Å²) in [5.41, 5.74) is 1.35. The van der Waals surface area contributed by atoms with Gasteiger partial charge < -0.3 is 4.90 Å². The number of rotatable bonds is 4. The standard InChI is InChI=1S/C16H25N3/c1-2-9-18(10-3-1)14-16-7-5-11-19(16)13-15-6-4-8-17-12-15/h4,6,8,12,16H,1-3,5,7,9-11,13-14H2. The number of nitrogens with zero attached hydrogens (tertiary/aromatic N) is 3. The fraction of sp³-hybridized carbons (Fsp3) is 0.688. The lowest BCUT2D eigenvalue weighted by molar-refractivity contribution is 0.149. The van der Waals surface area contributed by atoms with Crippen LogP contribution in [-0.2, 0) is 6.54 Å². The zero-order chi connectivity index (χ0) is 12.9. The number of likely N-dealkylation sites (tertiary alicyclic amines) is 2. The number of aromatic nitrogens is 1. The minimum Gasteiger partial charge on any atom is -0.302 e. The van der Waals surface area contributed by atoms with E-state index in [1.165, 1.54) is 63.8 Å². The molecule has 0 bridgehead atoms. The third-order valence-electron chi connectivity index (χ3n) is 4.53. The SMILES string of the molecule is c1cncc(CN2CCCC2CN2CCCCC2)c1. The summed E-state index contributed by atoms with van der Waals surface area (Å²) in [5.74, 6) is 0. The summed E-state index contributed by atoms with van der Waals surface area (Å²) in [6, 6.07) is 5.01. The molecule has 0 amide bonds. The van der Waals surface area contributed by atoms with E-state index >= 15 is 0 Å². The van der Waals surface area contributed by atoms with Gasteiger partial charge >= 0.3 is 0 Å². The van der Waals surface area contributed by atoms with Crippen molar-refractivity contribution in [1.82, 2.24) is 14.8 Å². The molecular formula is C16H25N3. The second kappa shape index (κ2) is 6.49. The minimum absolute atomic E-state index is 0.762. The molecule has 1 aromatic rings. The van der Waals surface area contributed by atoms with Crippen molar-refractivity contribution in [2.75, 3.05) is 26.2 Å². The summed E-state index contributed by atoms with van der Waals surface area (Å²) in [5, 5.41) is 0. The Morgan fingerprint density at radius 3 is 2.79 bits per heavy atom. The highest BCUT2D eigenvalue weighted by atomic mass is 15.2. The molecule has 0 aromatic carbocycles. The quantitative estimate of drug-likeness (QED) is 0.828. The molecule has 1 atom stereocenters. The second-order valence-corrected chi connectivity index (χ2v) is 5.99. The summed E-state index contributed by atoms with van der Waals surface area (Å²) < 4.78 is 0. The Labute approximate surface area is 116 Å². The molecule has 0 N–H and O–H groups in total. The molecule has 0 spiro atoms. The van der Waals surface area contributed by atoms with Crippen LogP contribution in [0.15, 0.2) is 24.5 Å². The lowest BCUT2D eigenvalue weighted by Gasteiger charge is -2.33. The third-order valence-corrected chi connectivity index (χ3v) is 4.53. The topological polar surface area (TPSA) is 19.4 Å². The van der Waals surface area contributed by atoms with Crippen LogP contribution in [0, 0.1) is 0 Å². The number of hydrogen-bond donors (Lipinski definition) is 0. The van der Waals surface area contributed by atoms with Crippen molar-refractivity contribution < 1.29 is 0 Å². The molecule has 1 unspecified atom stereocenters. The van der Waals surface area contributed by atoms with Gasteiger partial charge in [0.2, 0.25) is 0 Å². The molecule has 104 valence electrons. The summed E-state index contributed by atoms with van der Waals surface area (Å²) >= 11 is 0. The van der Waals surface area contributed by atoms with E-state index in [1.54, 1.807) is 0 Å². The molecule has 1 aromatic heterocycles. The van der Waals surface area contributed by atoms with Crippen molar-refractivity contribution in [3.05, 3.63) is 30.1 Å². The average Bonchev–Trinajstić information content (AvgIpc) is 2.88. The lowest BCUT2D eigenvalue weighted by atomic mass is 10.1. The van der Waals surface area contributed by atoms with Crippen molar-refractivity contribution in [3.8, 4) is 0 Å². The first-order valence-corrected chi connectivity index (χ1v) is 7.77. The highest BCUT2D eigenvalue weighted by Crippen LogP contribution is 2.22. The highest BCUT2D eigenvalue weighted by molar-refractivity contribution is 5.08. The third kappa shape index (κ3) is 3.54. The van der Waals surface area contributed by atoms with Gasteiger partial charge in [0.05, 0.1) is 0 Å². The zero-order valence-electron chi connectivity index (χ0n) is 11.8. The highest BCUT2D eigenvalue weighted by Gasteiger charge is 2.26. The molecule has 0 radical (unpaired) electrons. The first-order valence-electron chi connectivity index (χ1n) is 7.77. The van der Waals surface area contributed by atoms with Crippen molar-refractivity contribution >= 4 is 0 Å². The van der Waals surface area contributed by atoms with Gasteiger partial charge in [0.25, 0.3) is 0 Å². The largest absolute Gasteiger partial charge is 0.302 e. The van der Waals surface area contributed by atoms with Gasteiger partial charge in [0.15, 0.2) is 0 Å². The molecule has 3 nitrogen and oxygen atoms in total. The van der Waals surface area contributed by atoms with E-state index in [9.17, 15) is 0 Å². The van der Waals surface area contributed by atoms with Crippen molar-refractivity contribution in [2.24, 2.45) is 0 Å². The molecule has 3 rings (SSSR count).